The van der Waals surface area contributed by atoms with Gasteiger partial charge in [0.1, 0.15) is 11.6 Å². The first-order valence-corrected chi connectivity index (χ1v) is 11.3. The highest BCUT2D eigenvalue weighted by Crippen LogP contribution is 2.44. The van der Waals surface area contributed by atoms with Crippen molar-refractivity contribution in [2.45, 2.75) is 48.2 Å². The van der Waals surface area contributed by atoms with Crippen molar-refractivity contribution in [3.8, 4) is 0 Å². The Balaban J connectivity index is 2.00. The zero-order valence-electron chi connectivity index (χ0n) is 15.5. The molecule has 0 saturated heterocycles. The summed E-state index contributed by atoms with van der Waals surface area (Å²) >= 11 is 5.86. The Morgan fingerprint density at radius 3 is 2.45 bits per heavy atom. The van der Waals surface area contributed by atoms with Crippen molar-refractivity contribution in [2.24, 2.45) is 5.92 Å². The number of carboxylic acid groups (broad SMARTS) is 1. The van der Waals surface area contributed by atoms with Crippen molar-refractivity contribution >= 4 is 27.4 Å². The Hall–Kier alpha value is -1.99. The van der Waals surface area contributed by atoms with Gasteiger partial charge in [-0.2, -0.15) is 0 Å². The van der Waals surface area contributed by atoms with E-state index < -0.39 is 38.6 Å². The summed E-state index contributed by atoms with van der Waals surface area (Å²) in [5.41, 5.74) is 0.0456. The van der Waals surface area contributed by atoms with Gasteiger partial charge in [0.25, 0.3) is 0 Å². The average molecular weight is 443 g/mol. The summed E-state index contributed by atoms with van der Waals surface area (Å²) in [5, 5.41) is 8.36. The lowest BCUT2D eigenvalue weighted by Gasteiger charge is -2.36. The van der Waals surface area contributed by atoms with Crippen molar-refractivity contribution in [1.29, 1.82) is 0 Å². The van der Waals surface area contributed by atoms with Gasteiger partial charge in [0, 0.05) is 17.4 Å². The second-order valence-electron chi connectivity index (χ2n) is 7.42. The summed E-state index contributed by atoms with van der Waals surface area (Å²) in [6, 6.07) is 8.80. The van der Waals surface area contributed by atoms with Crippen LogP contribution in [0.1, 0.15) is 43.6 Å². The van der Waals surface area contributed by atoms with Gasteiger partial charge in [-0.05, 0) is 79.6 Å². The minimum atomic E-state index is -3.87. The molecule has 3 atom stereocenters. The molecule has 0 heterocycles. The molecule has 29 heavy (non-hydrogen) atoms. The van der Waals surface area contributed by atoms with Crippen molar-refractivity contribution in [3.05, 3.63) is 64.7 Å². The van der Waals surface area contributed by atoms with E-state index in [9.17, 15) is 22.0 Å². The van der Waals surface area contributed by atoms with Crippen molar-refractivity contribution in [1.82, 2.24) is 0 Å². The molecular weight excluding hydrogens is 422 g/mol. The predicted molar refractivity (Wildman–Crippen MR) is 106 cm³/mol. The smallest absolute Gasteiger partial charge is 0.303 e. The van der Waals surface area contributed by atoms with Gasteiger partial charge in [-0.25, -0.2) is 17.2 Å². The molecule has 0 aliphatic heterocycles. The third kappa shape index (κ3) is 4.95. The molecule has 1 aliphatic rings. The lowest BCUT2D eigenvalue weighted by Crippen LogP contribution is -2.35. The van der Waals surface area contributed by atoms with Crippen LogP contribution in [0.25, 0.3) is 0 Å². The number of hydrogen-bond acceptors (Lipinski definition) is 3. The van der Waals surface area contributed by atoms with Gasteiger partial charge in [0.2, 0.25) is 0 Å². The van der Waals surface area contributed by atoms with E-state index in [0.29, 0.717) is 24.3 Å². The van der Waals surface area contributed by atoms with Gasteiger partial charge in [-0.1, -0.05) is 11.6 Å². The normalized spacial score (nSPS) is 22.4. The number of rotatable bonds is 6. The Morgan fingerprint density at radius 2 is 1.79 bits per heavy atom. The molecule has 0 spiro atoms. The highest BCUT2D eigenvalue weighted by atomic mass is 35.5. The van der Waals surface area contributed by atoms with Gasteiger partial charge in [0.15, 0.2) is 9.84 Å². The topological polar surface area (TPSA) is 71.4 Å². The monoisotopic (exact) mass is 442 g/mol. The zero-order valence-corrected chi connectivity index (χ0v) is 17.1. The second-order valence-corrected chi connectivity index (χ2v) is 10.0. The lowest BCUT2D eigenvalue weighted by atomic mass is 9.76. The van der Waals surface area contributed by atoms with E-state index in [0.717, 1.165) is 18.2 Å². The molecule has 2 aromatic rings. The maximum atomic E-state index is 14.5. The minimum absolute atomic E-state index is 0.0456. The van der Waals surface area contributed by atoms with Crippen LogP contribution in [0.4, 0.5) is 8.78 Å². The van der Waals surface area contributed by atoms with E-state index >= 15 is 0 Å². The molecular formula is C21H21ClF2O4S. The van der Waals surface area contributed by atoms with Gasteiger partial charge in [-0.3, -0.25) is 4.79 Å². The average Bonchev–Trinajstić information content (AvgIpc) is 2.68. The fourth-order valence-corrected chi connectivity index (χ4v) is 6.33. The molecule has 1 saturated carbocycles. The van der Waals surface area contributed by atoms with Crippen LogP contribution < -0.4 is 0 Å². The summed E-state index contributed by atoms with van der Waals surface area (Å²) in [4.78, 5) is 11.0. The molecule has 1 N–H and O–H groups in total. The molecule has 0 bridgehead atoms. The van der Waals surface area contributed by atoms with E-state index in [1.165, 1.54) is 24.3 Å². The summed E-state index contributed by atoms with van der Waals surface area (Å²) in [6.45, 7) is 0. The third-order valence-corrected chi connectivity index (χ3v) is 8.06. The number of benzene rings is 2. The Labute approximate surface area is 173 Å². The molecule has 2 aromatic carbocycles. The molecule has 156 valence electrons. The van der Waals surface area contributed by atoms with Crippen molar-refractivity contribution in [3.63, 3.8) is 0 Å². The van der Waals surface area contributed by atoms with Crippen LogP contribution >= 0.6 is 11.6 Å². The van der Waals surface area contributed by atoms with E-state index in [2.05, 4.69) is 0 Å². The predicted octanol–water partition coefficient (Wildman–Crippen LogP) is 5.21. The SMILES string of the molecule is O=C(O)CC[C@@H]1CCC(c2cc(F)ccc2F)[C@@H](S(=O)(=O)c2ccc(Cl)cc2)C1. The molecule has 1 unspecified atom stereocenters. The molecule has 1 fully saturated rings. The molecule has 1 aliphatic carbocycles. The number of aliphatic carboxylic acids is 1. The van der Waals surface area contributed by atoms with Crippen molar-refractivity contribution < 1.29 is 27.1 Å². The van der Waals surface area contributed by atoms with Crippen LogP contribution in [0.5, 0.6) is 0 Å². The van der Waals surface area contributed by atoms with Crippen molar-refractivity contribution in [2.75, 3.05) is 0 Å². The van der Waals surface area contributed by atoms with Crippen LogP contribution in [0.3, 0.4) is 0 Å². The largest absolute Gasteiger partial charge is 0.481 e. The quantitative estimate of drug-likeness (QED) is 0.666. The highest BCUT2D eigenvalue weighted by Gasteiger charge is 2.41. The van der Waals surface area contributed by atoms with Gasteiger partial charge in [-0.15, -0.1) is 0 Å². The molecule has 3 rings (SSSR count). The molecule has 0 radical (unpaired) electrons. The fraction of sp³-hybridized carbons (Fsp3) is 0.381. The summed E-state index contributed by atoms with van der Waals surface area (Å²) < 4.78 is 55.0. The number of hydrogen-bond donors (Lipinski definition) is 1. The van der Waals surface area contributed by atoms with Crippen LogP contribution in [0.2, 0.25) is 5.02 Å². The van der Waals surface area contributed by atoms with Crippen LogP contribution in [0, 0.1) is 17.6 Å². The van der Waals surface area contributed by atoms with Crippen LogP contribution in [-0.2, 0) is 14.6 Å². The maximum absolute atomic E-state index is 14.5. The highest BCUT2D eigenvalue weighted by molar-refractivity contribution is 7.92. The van der Waals surface area contributed by atoms with E-state index in [4.69, 9.17) is 16.7 Å². The second kappa shape index (κ2) is 8.79. The fourth-order valence-electron chi connectivity index (χ4n) is 4.10. The first-order valence-electron chi connectivity index (χ1n) is 9.34. The summed E-state index contributed by atoms with van der Waals surface area (Å²) in [7, 11) is -3.87. The van der Waals surface area contributed by atoms with Gasteiger partial charge < -0.3 is 5.11 Å². The van der Waals surface area contributed by atoms with Crippen LogP contribution in [-0.4, -0.2) is 24.7 Å². The molecule has 0 aromatic heterocycles. The maximum Gasteiger partial charge on any atom is 0.303 e. The van der Waals surface area contributed by atoms with Gasteiger partial charge >= 0.3 is 5.97 Å². The molecule has 8 heteroatoms. The molecule has 0 amide bonds. The first kappa shape index (κ1) is 21.7. The summed E-state index contributed by atoms with van der Waals surface area (Å²) in [6.07, 6.45) is 1.37. The standard InChI is InChI=1S/C21H21ClF2O4S/c22-14-3-6-16(7-4-14)29(27,28)20-11-13(2-10-21(25)26)1-8-17(20)18-12-15(23)5-9-19(18)24/h3-7,9,12-13,17,20H,1-2,8,10-11H2,(H,25,26)/t13-,17?,20-/m0/s1. The van der Waals surface area contributed by atoms with E-state index in [-0.39, 0.29) is 29.2 Å². The van der Waals surface area contributed by atoms with Crippen LogP contribution in [0.15, 0.2) is 47.4 Å². The number of sulfone groups is 1. The van der Waals surface area contributed by atoms with Gasteiger partial charge in [0.05, 0.1) is 10.1 Å². The number of carboxylic acids is 1. The molecule has 4 nitrogen and oxygen atoms in total. The zero-order chi connectivity index (χ0) is 21.2. The number of halogens is 3. The first-order chi connectivity index (χ1) is 13.7. The Bertz CT molecular complexity index is 992. The van der Waals surface area contributed by atoms with E-state index in [1.807, 2.05) is 0 Å². The number of carbonyl (C=O) groups is 1. The summed E-state index contributed by atoms with van der Waals surface area (Å²) in [5.74, 6) is -3.05. The lowest BCUT2D eigenvalue weighted by molar-refractivity contribution is -0.137. The Morgan fingerprint density at radius 1 is 1.10 bits per heavy atom. The van der Waals surface area contributed by atoms with E-state index in [1.54, 1.807) is 0 Å². The Kier molecular flexibility index (Phi) is 6.58. The third-order valence-electron chi connectivity index (χ3n) is 5.57. The minimum Gasteiger partial charge on any atom is -0.481 e.